The molecule has 0 aliphatic carbocycles. The van der Waals surface area contributed by atoms with E-state index in [0.29, 0.717) is 6.26 Å². The molecule has 3 N–H and O–H groups in total. The summed E-state index contributed by atoms with van der Waals surface area (Å²) in [5, 5.41) is 0. The van der Waals surface area contributed by atoms with Gasteiger partial charge in [0.05, 0.1) is 6.26 Å². The minimum Gasteiger partial charge on any atom is -0.369 e. The van der Waals surface area contributed by atoms with Crippen molar-refractivity contribution in [3.05, 3.63) is 0 Å². The molecule has 0 saturated carbocycles. The largest absolute Gasteiger partial charge is 0.369 e. The van der Waals surface area contributed by atoms with Gasteiger partial charge in [-0.25, -0.2) is 8.42 Å². The number of rotatable bonds is 2. The van der Waals surface area contributed by atoms with E-state index in [2.05, 4.69) is 5.73 Å². The van der Waals surface area contributed by atoms with Gasteiger partial charge in [0, 0.05) is 6.26 Å². The Balaban J connectivity index is 0. The summed E-state index contributed by atoms with van der Waals surface area (Å²) in [6.45, 7) is 0. The van der Waals surface area contributed by atoms with Gasteiger partial charge >= 0.3 is 0 Å². The Labute approximate surface area is 76.6 Å². The van der Waals surface area contributed by atoms with Crippen LogP contribution < -0.4 is 5.73 Å². The highest BCUT2D eigenvalue weighted by Gasteiger charge is 2.04. The SMILES string of the molecule is CS(=O)(=O)CC(N)=O.CS(=O)(=O)O. The first-order valence-electron chi connectivity index (χ1n) is 2.80. The third-order valence-electron chi connectivity index (χ3n) is 0.404. The van der Waals surface area contributed by atoms with E-state index in [0.717, 1.165) is 6.26 Å². The Kier molecular flexibility index (Phi) is 5.87. The Morgan fingerprint density at radius 3 is 1.46 bits per heavy atom. The highest BCUT2D eigenvalue weighted by Crippen LogP contribution is 1.77. The maximum Gasteiger partial charge on any atom is 0.261 e. The Morgan fingerprint density at radius 1 is 1.23 bits per heavy atom. The smallest absolute Gasteiger partial charge is 0.261 e. The summed E-state index contributed by atoms with van der Waals surface area (Å²) in [6, 6.07) is 0. The summed E-state index contributed by atoms with van der Waals surface area (Å²) in [5.74, 6) is -1.38. The van der Waals surface area contributed by atoms with Gasteiger partial charge in [0.15, 0.2) is 9.84 Å². The average molecular weight is 233 g/mol. The van der Waals surface area contributed by atoms with Crippen LogP contribution in [0.15, 0.2) is 0 Å². The van der Waals surface area contributed by atoms with Crippen molar-refractivity contribution in [2.45, 2.75) is 0 Å². The second kappa shape index (κ2) is 5.14. The van der Waals surface area contributed by atoms with Crippen LogP contribution >= 0.6 is 0 Å². The van der Waals surface area contributed by atoms with Crippen LogP contribution in [-0.2, 0) is 24.7 Å². The fourth-order valence-corrected chi connectivity index (χ4v) is 0.775. The zero-order valence-corrected chi connectivity index (χ0v) is 8.72. The third kappa shape index (κ3) is 52.6. The van der Waals surface area contributed by atoms with Crippen molar-refractivity contribution >= 4 is 25.9 Å². The van der Waals surface area contributed by atoms with Crippen LogP contribution in [0.4, 0.5) is 0 Å². The monoisotopic (exact) mass is 233 g/mol. The molecule has 0 rings (SSSR count). The summed E-state index contributed by atoms with van der Waals surface area (Å²) in [6.07, 6.45) is 1.67. The first-order valence-corrected chi connectivity index (χ1v) is 6.71. The summed E-state index contributed by atoms with van der Waals surface area (Å²) in [5.41, 5.74) is 4.56. The molecule has 0 aromatic carbocycles. The first kappa shape index (κ1) is 14.8. The molecule has 0 aromatic heterocycles. The lowest BCUT2D eigenvalue weighted by Crippen LogP contribution is -2.21. The second-order valence-electron chi connectivity index (χ2n) is 2.27. The summed E-state index contributed by atoms with van der Waals surface area (Å²) >= 11 is 0. The molecule has 1 amide bonds. The number of nitrogens with two attached hydrogens (primary N) is 1. The number of primary amides is 1. The van der Waals surface area contributed by atoms with Crippen molar-refractivity contribution in [2.24, 2.45) is 5.73 Å². The maximum atomic E-state index is 10.1. The minimum atomic E-state index is -3.67. The fourth-order valence-electron chi connectivity index (χ4n) is 0.258. The Bertz CT molecular complexity index is 344. The molecular weight excluding hydrogens is 222 g/mol. The van der Waals surface area contributed by atoms with Crippen molar-refractivity contribution in [3.8, 4) is 0 Å². The van der Waals surface area contributed by atoms with E-state index < -0.39 is 31.6 Å². The lowest BCUT2D eigenvalue weighted by Gasteiger charge is -1.87. The highest BCUT2D eigenvalue weighted by atomic mass is 32.2. The molecule has 0 heterocycles. The normalized spacial score (nSPS) is 11.3. The van der Waals surface area contributed by atoms with Crippen LogP contribution in [0.5, 0.6) is 0 Å². The molecule has 0 spiro atoms. The molecule has 7 nitrogen and oxygen atoms in total. The lowest BCUT2D eigenvalue weighted by molar-refractivity contribution is -0.115. The van der Waals surface area contributed by atoms with E-state index in [-0.39, 0.29) is 0 Å². The summed E-state index contributed by atoms with van der Waals surface area (Å²) in [7, 11) is -6.86. The summed E-state index contributed by atoms with van der Waals surface area (Å²) in [4.78, 5) is 9.86. The van der Waals surface area contributed by atoms with Gasteiger partial charge in [0.25, 0.3) is 10.1 Å². The Morgan fingerprint density at radius 2 is 1.46 bits per heavy atom. The highest BCUT2D eigenvalue weighted by molar-refractivity contribution is 7.91. The molecule has 0 atom stereocenters. The van der Waals surface area contributed by atoms with Gasteiger partial charge in [-0.1, -0.05) is 0 Å². The number of hydrogen-bond donors (Lipinski definition) is 2. The van der Waals surface area contributed by atoms with Crippen LogP contribution in [0.1, 0.15) is 0 Å². The van der Waals surface area contributed by atoms with Gasteiger partial charge in [-0.3, -0.25) is 9.35 Å². The van der Waals surface area contributed by atoms with Gasteiger partial charge in [-0.2, -0.15) is 8.42 Å². The fraction of sp³-hybridized carbons (Fsp3) is 0.750. The standard InChI is InChI=1S/C3H7NO3S.CH4O3S/c1-8(6,7)2-3(4)5;1-5(2,3)4/h2H2,1H3,(H2,4,5);1H3,(H,2,3,4). The van der Waals surface area contributed by atoms with Crippen LogP contribution in [0.3, 0.4) is 0 Å². The van der Waals surface area contributed by atoms with Crippen molar-refractivity contribution in [2.75, 3.05) is 18.3 Å². The van der Waals surface area contributed by atoms with Gasteiger partial charge in [-0.05, 0) is 0 Å². The quantitative estimate of drug-likeness (QED) is 0.531. The maximum absolute atomic E-state index is 10.1. The van der Waals surface area contributed by atoms with Gasteiger partial charge in [0.1, 0.15) is 5.75 Å². The van der Waals surface area contributed by atoms with Gasteiger partial charge < -0.3 is 5.73 Å². The van der Waals surface area contributed by atoms with Crippen molar-refractivity contribution < 1.29 is 26.2 Å². The van der Waals surface area contributed by atoms with E-state index in [4.69, 9.17) is 4.55 Å². The lowest BCUT2D eigenvalue weighted by atomic mass is 10.8. The summed E-state index contributed by atoms with van der Waals surface area (Å²) < 4.78 is 46.1. The molecular formula is C4H11NO6S2. The molecule has 13 heavy (non-hydrogen) atoms. The van der Waals surface area contributed by atoms with Crippen LogP contribution in [0.25, 0.3) is 0 Å². The van der Waals surface area contributed by atoms with Crippen LogP contribution in [-0.4, -0.2) is 45.6 Å². The predicted molar refractivity (Wildman–Crippen MR) is 46.4 cm³/mol. The molecule has 0 radical (unpaired) electrons. The zero-order valence-electron chi connectivity index (χ0n) is 7.09. The average Bonchev–Trinajstić information content (AvgIpc) is 1.47. The van der Waals surface area contributed by atoms with Crippen LogP contribution in [0, 0.1) is 0 Å². The molecule has 9 heteroatoms. The van der Waals surface area contributed by atoms with Gasteiger partial charge in [0.2, 0.25) is 5.91 Å². The predicted octanol–water partition coefficient (Wildman–Crippen LogP) is -1.98. The zero-order chi connectivity index (χ0) is 11.3. The van der Waals surface area contributed by atoms with E-state index in [1.165, 1.54) is 0 Å². The van der Waals surface area contributed by atoms with E-state index in [1.54, 1.807) is 0 Å². The van der Waals surface area contributed by atoms with Crippen LogP contribution in [0.2, 0.25) is 0 Å². The molecule has 0 aliphatic rings. The molecule has 0 unspecified atom stereocenters. The molecule has 80 valence electrons. The number of carbonyl (C=O) groups is 1. The van der Waals surface area contributed by atoms with Crippen molar-refractivity contribution in [1.82, 2.24) is 0 Å². The van der Waals surface area contributed by atoms with Crippen molar-refractivity contribution in [1.29, 1.82) is 0 Å². The number of carbonyl (C=O) groups excluding carboxylic acids is 1. The molecule has 0 aliphatic heterocycles. The second-order valence-corrected chi connectivity index (χ2v) is 5.88. The molecule has 0 saturated heterocycles. The number of sulfone groups is 1. The van der Waals surface area contributed by atoms with E-state index >= 15 is 0 Å². The molecule has 0 bridgehead atoms. The first-order chi connectivity index (χ1) is 5.42. The minimum absolute atomic E-state index is 0.563. The Hall–Kier alpha value is -0.670. The molecule has 0 aromatic rings. The van der Waals surface area contributed by atoms with E-state index in [9.17, 15) is 21.6 Å². The van der Waals surface area contributed by atoms with E-state index in [1.807, 2.05) is 0 Å². The number of amides is 1. The number of hydrogen-bond acceptors (Lipinski definition) is 5. The van der Waals surface area contributed by atoms with Crippen molar-refractivity contribution in [3.63, 3.8) is 0 Å². The molecule has 0 fully saturated rings. The topological polar surface area (TPSA) is 132 Å². The third-order valence-corrected chi connectivity index (χ3v) is 1.21. The van der Waals surface area contributed by atoms with Gasteiger partial charge in [-0.15, -0.1) is 0 Å².